The highest BCUT2D eigenvalue weighted by atomic mass is 16.5. The van der Waals surface area contributed by atoms with Gasteiger partial charge in [0.05, 0.1) is 6.61 Å². The van der Waals surface area contributed by atoms with E-state index in [2.05, 4.69) is 5.32 Å². The number of benzene rings is 1. The van der Waals surface area contributed by atoms with E-state index in [4.69, 9.17) is 4.74 Å². The molecule has 22 heavy (non-hydrogen) atoms. The van der Waals surface area contributed by atoms with E-state index in [0.717, 1.165) is 30.8 Å². The van der Waals surface area contributed by atoms with Crippen molar-refractivity contribution >= 4 is 5.91 Å². The molecule has 1 aromatic rings. The van der Waals surface area contributed by atoms with E-state index in [9.17, 15) is 4.79 Å². The molecule has 4 nitrogen and oxygen atoms in total. The molecule has 1 aliphatic rings. The van der Waals surface area contributed by atoms with Crippen molar-refractivity contribution in [2.75, 3.05) is 26.7 Å². The molecule has 2 rings (SSSR count). The van der Waals surface area contributed by atoms with Gasteiger partial charge in [0, 0.05) is 25.6 Å². The van der Waals surface area contributed by atoms with E-state index in [1.165, 1.54) is 12.8 Å². The molecule has 0 aromatic heterocycles. The molecule has 1 aromatic carbocycles. The monoisotopic (exact) mass is 304 g/mol. The first-order valence-corrected chi connectivity index (χ1v) is 8.36. The molecule has 1 fully saturated rings. The lowest BCUT2D eigenvalue weighted by Gasteiger charge is -2.24. The highest BCUT2D eigenvalue weighted by Crippen LogP contribution is 2.21. The summed E-state index contributed by atoms with van der Waals surface area (Å²) >= 11 is 0. The quantitative estimate of drug-likeness (QED) is 0.842. The molecule has 4 heteroatoms. The Morgan fingerprint density at radius 1 is 1.32 bits per heavy atom. The number of nitrogens with one attached hydrogen (secondary N) is 1. The van der Waals surface area contributed by atoms with Gasteiger partial charge in [-0.1, -0.05) is 18.2 Å². The Bertz CT molecular complexity index is 470. The standard InChI is InChI=1S/C18H28N2O2/c1-3-22-17-7-5-4-6-16(17)14-20(2)18(21)9-8-15-10-12-19-13-11-15/h4-7,15,19H,3,8-14H2,1-2H3. The third-order valence-corrected chi connectivity index (χ3v) is 4.33. The van der Waals surface area contributed by atoms with E-state index in [1.807, 2.05) is 43.1 Å². The topological polar surface area (TPSA) is 41.6 Å². The minimum absolute atomic E-state index is 0.227. The van der Waals surface area contributed by atoms with Crippen LogP contribution in [0.15, 0.2) is 24.3 Å². The summed E-state index contributed by atoms with van der Waals surface area (Å²) in [5.41, 5.74) is 1.07. The van der Waals surface area contributed by atoms with Gasteiger partial charge in [-0.15, -0.1) is 0 Å². The number of carbonyl (C=O) groups is 1. The maximum atomic E-state index is 12.3. The van der Waals surface area contributed by atoms with Crippen LogP contribution < -0.4 is 10.1 Å². The van der Waals surface area contributed by atoms with Crippen molar-refractivity contribution < 1.29 is 9.53 Å². The molecule has 0 unspecified atom stereocenters. The molecule has 1 amide bonds. The second-order valence-corrected chi connectivity index (χ2v) is 6.02. The number of piperidine rings is 1. The second-order valence-electron chi connectivity index (χ2n) is 6.02. The molecule has 1 heterocycles. The number of hydrogen-bond donors (Lipinski definition) is 1. The molecule has 0 aliphatic carbocycles. The summed E-state index contributed by atoms with van der Waals surface area (Å²) in [5.74, 6) is 1.81. The van der Waals surface area contributed by atoms with Crippen LogP contribution in [0.1, 0.15) is 38.2 Å². The van der Waals surface area contributed by atoms with Crippen LogP contribution in [0.5, 0.6) is 5.75 Å². The van der Waals surface area contributed by atoms with Gasteiger partial charge in [-0.05, 0) is 51.3 Å². The zero-order valence-electron chi connectivity index (χ0n) is 13.8. The Hall–Kier alpha value is -1.55. The minimum atomic E-state index is 0.227. The average Bonchev–Trinajstić information content (AvgIpc) is 2.55. The van der Waals surface area contributed by atoms with Crippen LogP contribution >= 0.6 is 0 Å². The molecule has 122 valence electrons. The molecule has 0 atom stereocenters. The summed E-state index contributed by atoms with van der Waals surface area (Å²) in [6.45, 7) is 5.42. The first kappa shape index (κ1) is 16.8. The molecular weight excluding hydrogens is 276 g/mol. The molecule has 1 saturated heterocycles. The smallest absolute Gasteiger partial charge is 0.222 e. The fourth-order valence-electron chi connectivity index (χ4n) is 2.96. The Kier molecular flexibility index (Phi) is 6.72. The van der Waals surface area contributed by atoms with Gasteiger partial charge in [-0.2, -0.15) is 0 Å². The molecule has 1 aliphatic heterocycles. The van der Waals surface area contributed by atoms with Gasteiger partial charge in [-0.25, -0.2) is 0 Å². The van der Waals surface area contributed by atoms with Gasteiger partial charge in [-0.3, -0.25) is 4.79 Å². The number of carbonyl (C=O) groups excluding carboxylic acids is 1. The van der Waals surface area contributed by atoms with Crippen molar-refractivity contribution in [3.63, 3.8) is 0 Å². The predicted molar refractivity (Wildman–Crippen MR) is 88.9 cm³/mol. The highest BCUT2D eigenvalue weighted by Gasteiger charge is 2.17. The van der Waals surface area contributed by atoms with Gasteiger partial charge in [0.25, 0.3) is 0 Å². The Morgan fingerprint density at radius 3 is 2.77 bits per heavy atom. The zero-order chi connectivity index (χ0) is 15.8. The van der Waals surface area contributed by atoms with Gasteiger partial charge < -0.3 is 15.0 Å². The number of para-hydroxylation sites is 1. The second kappa shape index (κ2) is 8.79. The summed E-state index contributed by atoms with van der Waals surface area (Å²) in [6, 6.07) is 7.95. The Balaban J connectivity index is 1.83. The van der Waals surface area contributed by atoms with Crippen molar-refractivity contribution in [3.05, 3.63) is 29.8 Å². The third kappa shape index (κ3) is 5.02. The van der Waals surface area contributed by atoms with E-state index in [-0.39, 0.29) is 5.91 Å². The summed E-state index contributed by atoms with van der Waals surface area (Å²) in [5, 5.41) is 3.37. The van der Waals surface area contributed by atoms with Crippen molar-refractivity contribution in [2.24, 2.45) is 5.92 Å². The van der Waals surface area contributed by atoms with Crippen molar-refractivity contribution in [2.45, 2.75) is 39.2 Å². The van der Waals surface area contributed by atoms with Crippen LogP contribution in [0.4, 0.5) is 0 Å². The summed E-state index contributed by atoms with van der Waals surface area (Å²) in [4.78, 5) is 14.1. The third-order valence-electron chi connectivity index (χ3n) is 4.33. The van der Waals surface area contributed by atoms with E-state index >= 15 is 0 Å². The maximum absolute atomic E-state index is 12.3. The number of amides is 1. The Morgan fingerprint density at radius 2 is 2.05 bits per heavy atom. The van der Waals surface area contributed by atoms with Crippen molar-refractivity contribution in [1.29, 1.82) is 0 Å². The fraction of sp³-hybridized carbons (Fsp3) is 0.611. The number of rotatable bonds is 7. The summed E-state index contributed by atoms with van der Waals surface area (Å²) in [7, 11) is 1.88. The summed E-state index contributed by atoms with van der Waals surface area (Å²) < 4.78 is 5.63. The van der Waals surface area contributed by atoms with Crippen molar-refractivity contribution in [3.8, 4) is 5.75 Å². The fourth-order valence-corrected chi connectivity index (χ4v) is 2.96. The minimum Gasteiger partial charge on any atom is -0.494 e. The van der Waals surface area contributed by atoms with E-state index < -0.39 is 0 Å². The number of ether oxygens (including phenoxy) is 1. The number of hydrogen-bond acceptors (Lipinski definition) is 3. The van der Waals surface area contributed by atoms with Gasteiger partial charge in [0.2, 0.25) is 5.91 Å². The van der Waals surface area contributed by atoms with Crippen LogP contribution in [-0.2, 0) is 11.3 Å². The van der Waals surface area contributed by atoms with E-state index in [0.29, 0.717) is 25.5 Å². The molecular formula is C18H28N2O2. The lowest BCUT2D eigenvalue weighted by molar-refractivity contribution is -0.130. The van der Waals surface area contributed by atoms with Crippen LogP contribution in [0, 0.1) is 5.92 Å². The molecule has 0 bridgehead atoms. The van der Waals surface area contributed by atoms with Gasteiger partial charge in [0.15, 0.2) is 0 Å². The largest absolute Gasteiger partial charge is 0.494 e. The van der Waals surface area contributed by atoms with Gasteiger partial charge >= 0.3 is 0 Å². The van der Waals surface area contributed by atoms with Crippen LogP contribution in [-0.4, -0.2) is 37.6 Å². The molecule has 0 spiro atoms. The molecule has 1 N–H and O–H groups in total. The number of nitrogens with zero attached hydrogens (tertiary/aromatic N) is 1. The van der Waals surface area contributed by atoms with Crippen LogP contribution in [0.2, 0.25) is 0 Å². The SMILES string of the molecule is CCOc1ccccc1CN(C)C(=O)CCC1CCNCC1. The van der Waals surface area contributed by atoms with E-state index in [1.54, 1.807) is 0 Å². The average molecular weight is 304 g/mol. The molecule has 0 radical (unpaired) electrons. The lowest BCUT2D eigenvalue weighted by Crippen LogP contribution is -2.30. The molecule has 0 saturated carbocycles. The first-order chi connectivity index (χ1) is 10.7. The predicted octanol–water partition coefficient (Wildman–Crippen LogP) is 2.82. The summed E-state index contributed by atoms with van der Waals surface area (Å²) in [6.07, 6.45) is 4.06. The van der Waals surface area contributed by atoms with Crippen molar-refractivity contribution in [1.82, 2.24) is 10.2 Å². The van der Waals surface area contributed by atoms with Crippen LogP contribution in [0.3, 0.4) is 0 Å². The first-order valence-electron chi connectivity index (χ1n) is 8.36. The van der Waals surface area contributed by atoms with Gasteiger partial charge in [0.1, 0.15) is 5.75 Å². The zero-order valence-corrected chi connectivity index (χ0v) is 13.8. The highest BCUT2D eigenvalue weighted by molar-refractivity contribution is 5.75. The van der Waals surface area contributed by atoms with Crippen LogP contribution in [0.25, 0.3) is 0 Å². The Labute approximate surface area is 133 Å². The normalized spacial score (nSPS) is 15.5. The lowest BCUT2D eigenvalue weighted by atomic mass is 9.93. The maximum Gasteiger partial charge on any atom is 0.222 e.